The van der Waals surface area contributed by atoms with Crippen LogP contribution < -0.4 is 4.90 Å². The predicted molar refractivity (Wildman–Crippen MR) is 59.6 cm³/mol. The van der Waals surface area contributed by atoms with Crippen LogP contribution in [0.5, 0.6) is 0 Å². The van der Waals surface area contributed by atoms with Gasteiger partial charge in [-0.25, -0.2) is 0 Å². The fraction of sp³-hybridized carbons (Fsp3) is 0.400. The topological polar surface area (TPSA) is 52.0 Å². The standard InChI is InChI=1S/C10H8F6N4/c1-20(2)8-6(9(11,12)13)3-5(18-19-17)4-7(8)10(14,15)16/h3-4H,1-2H3. The fourth-order valence-electron chi connectivity index (χ4n) is 1.64. The van der Waals surface area contributed by atoms with Crippen LogP contribution in [0.15, 0.2) is 17.2 Å². The Labute approximate surface area is 109 Å². The minimum Gasteiger partial charge on any atom is -0.377 e. The van der Waals surface area contributed by atoms with Crippen LogP contribution in [0.4, 0.5) is 37.7 Å². The molecule has 0 aliphatic heterocycles. The summed E-state index contributed by atoms with van der Waals surface area (Å²) in [6, 6.07) is 0.759. The first kappa shape index (κ1) is 16.0. The zero-order valence-corrected chi connectivity index (χ0v) is 10.2. The van der Waals surface area contributed by atoms with Gasteiger partial charge in [0, 0.05) is 24.7 Å². The molecule has 0 saturated carbocycles. The van der Waals surface area contributed by atoms with E-state index < -0.39 is 34.9 Å². The van der Waals surface area contributed by atoms with Crippen LogP contribution >= 0.6 is 0 Å². The number of hydrogen-bond donors (Lipinski definition) is 0. The zero-order chi connectivity index (χ0) is 15.7. The second kappa shape index (κ2) is 5.12. The number of nitrogens with zero attached hydrogens (tertiary/aromatic N) is 4. The van der Waals surface area contributed by atoms with Crippen LogP contribution in [0.2, 0.25) is 0 Å². The highest BCUT2D eigenvalue weighted by atomic mass is 19.4. The molecule has 0 saturated heterocycles. The molecule has 0 spiro atoms. The van der Waals surface area contributed by atoms with Crippen molar-refractivity contribution in [1.29, 1.82) is 0 Å². The molecule has 0 amide bonds. The maximum absolute atomic E-state index is 12.9. The van der Waals surface area contributed by atoms with Crippen molar-refractivity contribution in [2.24, 2.45) is 5.11 Å². The predicted octanol–water partition coefficient (Wildman–Crippen LogP) is 4.73. The van der Waals surface area contributed by atoms with Crippen molar-refractivity contribution in [2.45, 2.75) is 12.4 Å². The first-order valence-electron chi connectivity index (χ1n) is 5.03. The van der Waals surface area contributed by atoms with Gasteiger partial charge in [-0.1, -0.05) is 5.11 Å². The van der Waals surface area contributed by atoms with Crippen LogP contribution in [0.25, 0.3) is 10.4 Å². The Morgan fingerprint density at radius 3 is 1.65 bits per heavy atom. The average Bonchev–Trinajstić information content (AvgIpc) is 2.25. The van der Waals surface area contributed by atoms with Crippen LogP contribution in [-0.2, 0) is 12.4 Å². The Morgan fingerprint density at radius 2 is 1.40 bits per heavy atom. The van der Waals surface area contributed by atoms with Gasteiger partial charge in [0.15, 0.2) is 0 Å². The highest BCUT2D eigenvalue weighted by Gasteiger charge is 2.42. The quantitative estimate of drug-likeness (QED) is 0.337. The Kier molecular flexibility index (Phi) is 4.09. The third kappa shape index (κ3) is 3.27. The van der Waals surface area contributed by atoms with E-state index in [1.165, 1.54) is 0 Å². The molecule has 0 atom stereocenters. The van der Waals surface area contributed by atoms with E-state index in [2.05, 4.69) is 10.0 Å². The van der Waals surface area contributed by atoms with Gasteiger partial charge in [0.2, 0.25) is 0 Å². The SMILES string of the molecule is CN(C)c1c(C(F)(F)F)cc(N=[N+]=[N-])cc1C(F)(F)F. The van der Waals surface area contributed by atoms with E-state index in [1.807, 2.05) is 0 Å². The molecule has 0 aliphatic carbocycles. The molecule has 4 nitrogen and oxygen atoms in total. The Hall–Kier alpha value is -2.09. The maximum atomic E-state index is 12.9. The number of anilines is 1. The van der Waals surface area contributed by atoms with E-state index in [9.17, 15) is 26.3 Å². The van der Waals surface area contributed by atoms with E-state index in [-0.39, 0.29) is 0 Å². The zero-order valence-electron chi connectivity index (χ0n) is 10.2. The lowest BCUT2D eigenvalue weighted by atomic mass is 10.0. The molecule has 0 fully saturated rings. The van der Waals surface area contributed by atoms with Gasteiger partial charge in [-0.2, -0.15) is 26.3 Å². The number of rotatable bonds is 2. The summed E-state index contributed by atoms with van der Waals surface area (Å²) in [6.07, 6.45) is -10.0. The summed E-state index contributed by atoms with van der Waals surface area (Å²) in [4.78, 5) is 2.92. The lowest BCUT2D eigenvalue weighted by Crippen LogP contribution is -2.22. The second-order valence-corrected chi connectivity index (χ2v) is 3.97. The number of benzene rings is 1. The first-order valence-corrected chi connectivity index (χ1v) is 5.03. The van der Waals surface area contributed by atoms with E-state index in [0.717, 1.165) is 14.1 Å². The Bertz CT molecular complexity index is 519. The van der Waals surface area contributed by atoms with Crippen LogP contribution in [0, 0.1) is 0 Å². The molecule has 0 aliphatic rings. The highest BCUT2D eigenvalue weighted by Crippen LogP contribution is 2.46. The molecule has 0 N–H and O–H groups in total. The average molecular weight is 298 g/mol. The van der Waals surface area contributed by atoms with Crippen LogP contribution in [0.3, 0.4) is 0 Å². The van der Waals surface area contributed by atoms with Gasteiger partial charge in [-0.15, -0.1) is 0 Å². The van der Waals surface area contributed by atoms with Gasteiger partial charge in [0.1, 0.15) is 0 Å². The third-order valence-corrected chi connectivity index (χ3v) is 2.31. The van der Waals surface area contributed by atoms with Crippen molar-refractivity contribution in [3.63, 3.8) is 0 Å². The molecular weight excluding hydrogens is 290 g/mol. The van der Waals surface area contributed by atoms with Crippen molar-refractivity contribution >= 4 is 11.4 Å². The Morgan fingerprint density at radius 1 is 1.00 bits per heavy atom. The number of hydrogen-bond acceptors (Lipinski definition) is 2. The summed E-state index contributed by atoms with van der Waals surface area (Å²) in [5.74, 6) is 0. The van der Waals surface area contributed by atoms with Gasteiger partial charge in [-0.05, 0) is 17.7 Å². The van der Waals surface area contributed by atoms with E-state index in [4.69, 9.17) is 5.53 Å². The van der Waals surface area contributed by atoms with Crippen LogP contribution in [0.1, 0.15) is 11.1 Å². The van der Waals surface area contributed by atoms with Crippen molar-refractivity contribution in [2.75, 3.05) is 19.0 Å². The summed E-state index contributed by atoms with van der Waals surface area (Å²) in [5.41, 5.74) is 3.36. The molecule has 110 valence electrons. The van der Waals surface area contributed by atoms with Crippen molar-refractivity contribution in [3.8, 4) is 0 Å². The normalized spacial score (nSPS) is 12.0. The highest BCUT2D eigenvalue weighted by molar-refractivity contribution is 5.66. The number of azide groups is 1. The molecule has 0 aromatic heterocycles. The molecule has 20 heavy (non-hydrogen) atoms. The summed E-state index contributed by atoms with van der Waals surface area (Å²) in [5, 5.41) is 2.82. The molecule has 1 rings (SSSR count). The molecule has 1 aromatic rings. The van der Waals surface area contributed by atoms with Crippen molar-refractivity contribution in [3.05, 3.63) is 33.7 Å². The lowest BCUT2D eigenvalue weighted by Gasteiger charge is -2.24. The largest absolute Gasteiger partial charge is 0.418 e. The van der Waals surface area contributed by atoms with Crippen LogP contribution in [-0.4, -0.2) is 14.1 Å². The van der Waals surface area contributed by atoms with E-state index >= 15 is 0 Å². The van der Waals surface area contributed by atoms with Gasteiger partial charge >= 0.3 is 12.4 Å². The molecule has 0 unspecified atom stereocenters. The molecule has 0 bridgehead atoms. The summed E-state index contributed by atoms with van der Waals surface area (Å²) in [6.45, 7) is 0. The third-order valence-electron chi connectivity index (χ3n) is 2.31. The monoisotopic (exact) mass is 298 g/mol. The summed E-state index contributed by atoms with van der Waals surface area (Å²) < 4.78 is 77.2. The van der Waals surface area contributed by atoms with Crippen molar-refractivity contribution < 1.29 is 26.3 Å². The Balaban J connectivity index is 3.81. The van der Waals surface area contributed by atoms with Gasteiger partial charge in [0.25, 0.3) is 0 Å². The smallest absolute Gasteiger partial charge is 0.377 e. The molecule has 1 aromatic carbocycles. The van der Waals surface area contributed by atoms with Gasteiger partial charge in [-0.3, -0.25) is 0 Å². The summed E-state index contributed by atoms with van der Waals surface area (Å²) >= 11 is 0. The molecule has 0 radical (unpaired) electrons. The second-order valence-electron chi connectivity index (χ2n) is 3.97. The fourth-order valence-corrected chi connectivity index (χ4v) is 1.64. The van der Waals surface area contributed by atoms with Gasteiger partial charge in [0.05, 0.1) is 16.8 Å². The van der Waals surface area contributed by atoms with Gasteiger partial charge < -0.3 is 4.90 Å². The van der Waals surface area contributed by atoms with E-state index in [0.29, 0.717) is 17.0 Å². The minimum atomic E-state index is -5.01. The van der Waals surface area contributed by atoms with Crippen molar-refractivity contribution in [1.82, 2.24) is 0 Å². The first-order chi connectivity index (χ1) is 8.98. The number of halogens is 6. The molecular formula is C10H8F6N4. The van der Waals surface area contributed by atoms with E-state index in [1.54, 1.807) is 0 Å². The molecule has 0 heterocycles. The maximum Gasteiger partial charge on any atom is 0.418 e. The number of alkyl halides is 6. The summed E-state index contributed by atoms with van der Waals surface area (Å²) in [7, 11) is 2.13. The lowest BCUT2D eigenvalue weighted by molar-refractivity contribution is -0.142. The minimum absolute atomic E-state index is 0.379. The molecule has 10 heteroatoms.